The van der Waals surface area contributed by atoms with Crippen molar-refractivity contribution in [2.45, 2.75) is 18.9 Å². The topological polar surface area (TPSA) is 56.7 Å². The van der Waals surface area contributed by atoms with Gasteiger partial charge in [0.1, 0.15) is 0 Å². The second kappa shape index (κ2) is 5.01. The summed E-state index contributed by atoms with van der Waals surface area (Å²) in [6.45, 7) is 2.06. The lowest BCUT2D eigenvalue weighted by atomic mass is 10.2. The van der Waals surface area contributed by atoms with Gasteiger partial charge in [0.05, 0.1) is 0 Å². The van der Waals surface area contributed by atoms with Crippen LogP contribution in [0.3, 0.4) is 0 Å². The molecule has 1 fully saturated rings. The summed E-state index contributed by atoms with van der Waals surface area (Å²) in [6.07, 6.45) is 2.45. The Morgan fingerprint density at radius 1 is 1.76 bits per heavy atom. The molecule has 2 rings (SSSR count). The Hall–Kier alpha value is -1.14. The van der Waals surface area contributed by atoms with E-state index in [1.54, 1.807) is 5.38 Å². The quantitative estimate of drug-likeness (QED) is 0.880. The first-order chi connectivity index (χ1) is 8.08. The van der Waals surface area contributed by atoms with E-state index in [0.717, 1.165) is 18.2 Å². The van der Waals surface area contributed by atoms with Crippen LogP contribution in [0.15, 0.2) is 5.38 Å². The van der Waals surface area contributed by atoms with Gasteiger partial charge < -0.3 is 14.9 Å². The second-order valence-electron chi connectivity index (χ2n) is 4.48. The van der Waals surface area contributed by atoms with E-state index in [4.69, 9.17) is 5.11 Å². The molecule has 0 radical (unpaired) electrons. The standard InChI is InChI=1S/C11H17N3O2S/c1-13-5-3-4-8(13)6-14(2)11-12-9(7-17-11)10(15)16/h7-8H,3-6H2,1-2H3,(H,15,16). The minimum absolute atomic E-state index is 0.136. The van der Waals surface area contributed by atoms with Crippen LogP contribution in [-0.4, -0.2) is 54.2 Å². The van der Waals surface area contributed by atoms with Crippen molar-refractivity contribution in [3.8, 4) is 0 Å². The van der Waals surface area contributed by atoms with Gasteiger partial charge in [0.25, 0.3) is 0 Å². The molecule has 0 bridgehead atoms. The fraction of sp³-hybridized carbons (Fsp3) is 0.636. The van der Waals surface area contributed by atoms with Crippen LogP contribution in [0.1, 0.15) is 23.3 Å². The first kappa shape index (κ1) is 12.3. The van der Waals surface area contributed by atoms with Crippen molar-refractivity contribution in [2.75, 3.05) is 32.1 Å². The highest BCUT2D eigenvalue weighted by molar-refractivity contribution is 7.13. The number of likely N-dealkylation sites (tertiary alicyclic amines) is 1. The molecule has 1 saturated heterocycles. The predicted molar refractivity (Wildman–Crippen MR) is 68.0 cm³/mol. The van der Waals surface area contributed by atoms with Crippen LogP contribution in [0, 0.1) is 0 Å². The third-order valence-corrected chi connectivity index (χ3v) is 4.15. The van der Waals surface area contributed by atoms with E-state index in [1.165, 1.54) is 24.2 Å². The van der Waals surface area contributed by atoms with Crippen LogP contribution in [0.5, 0.6) is 0 Å². The highest BCUT2D eigenvalue weighted by Gasteiger charge is 2.23. The number of thiazole rings is 1. The van der Waals surface area contributed by atoms with Crippen molar-refractivity contribution in [2.24, 2.45) is 0 Å². The molecule has 1 aromatic rings. The van der Waals surface area contributed by atoms with Gasteiger partial charge in [0.15, 0.2) is 10.8 Å². The largest absolute Gasteiger partial charge is 0.476 e. The lowest BCUT2D eigenvalue weighted by molar-refractivity contribution is 0.0691. The van der Waals surface area contributed by atoms with E-state index < -0.39 is 5.97 Å². The fourth-order valence-corrected chi connectivity index (χ4v) is 2.92. The normalized spacial score (nSPS) is 20.7. The third-order valence-electron chi connectivity index (χ3n) is 3.19. The summed E-state index contributed by atoms with van der Waals surface area (Å²) >= 11 is 1.39. The zero-order valence-electron chi connectivity index (χ0n) is 10.1. The number of carbonyl (C=O) groups is 1. The average Bonchev–Trinajstić information content (AvgIpc) is 2.88. The molecule has 0 amide bonds. The van der Waals surface area contributed by atoms with Crippen LogP contribution in [-0.2, 0) is 0 Å². The Morgan fingerprint density at radius 2 is 2.53 bits per heavy atom. The summed E-state index contributed by atoms with van der Waals surface area (Å²) in [6, 6.07) is 0.553. The van der Waals surface area contributed by atoms with Gasteiger partial charge in [-0.1, -0.05) is 0 Å². The fourth-order valence-electron chi connectivity index (χ4n) is 2.14. The Morgan fingerprint density at radius 3 is 3.06 bits per heavy atom. The first-order valence-electron chi connectivity index (χ1n) is 5.68. The van der Waals surface area contributed by atoms with E-state index in [9.17, 15) is 4.79 Å². The van der Waals surface area contributed by atoms with Gasteiger partial charge in [0.2, 0.25) is 0 Å². The Kier molecular flexibility index (Phi) is 3.63. The number of rotatable bonds is 4. The highest BCUT2D eigenvalue weighted by atomic mass is 32.1. The smallest absolute Gasteiger partial charge is 0.355 e. The number of likely N-dealkylation sites (N-methyl/N-ethyl adjacent to an activating group) is 2. The van der Waals surface area contributed by atoms with Crippen molar-refractivity contribution in [3.05, 3.63) is 11.1 Å². The number of carboxylic acids is 1. The number of aromatic nitrogens is 1. The molecule has 0 aliphatic carbocycles. The molecule has 2 heterocycles. The Labute approximate surface area is 105 Å². The molecule has 1 N–H and O–H groups in total. The maximum absolute atomic E-state index is 10.8. The molecule has 0 spiro atoms. The Balaban J connectivity index is 1.98. The summed E-state index contributed by atoms with van der Waals surface area (Å²) < 4.78 is 0. The minimum Gasteiger partial charge on any atom is -0.476 e. The van der Waals surface area contributed by atoms with Gasteiger partial charge in [-0.25, -0.2) is 9.78 Å². The molecular formula is C11H17N3O2S. The molecule has 1 atom stereocenters. The van der Waals surface area contributed by atoms with Crippen molar-refractivity contribution in [3.63, 3.8) is 0 Å². The van der Waals surface area contributed by atoms with Crippen LogP contribution >= 0.6 is 11.3 Å². The summed E-state index contributed by atoms with van der Waals surface area (Å²) in [4.78, 5) is 19.2. The minimum atomic E-state index is -0.959. The lowest BCUT2D eigenvalue weighted by Crippen LogP contribution is -2.36. The molecular weight excluding hydrogens is 238 g/mol. The van der Waals surface area contributed by atoms with Gasteiger partial charge >= 0.3 is 5.97 Å². The summed E-state index contributed by atoms with van der Waals surface area (Å²) in [7, 11) is 4.10. The summed E-state index contributed by atoms with van der Waals surface area (Å²) in [5.74, 6) is -0.959. The van der Waals surface area contributed by atoms with Crippen LogP contribution in [0.2, 0.25) is 0 Å². The van der Waals surface area contributed by atoms with E-state index >= 15 is 0 Å². The van der Waals surface area contributed by atoms with Crippen LogP contribution in [0.25, 0.3) is 0 Å². The molecule has 6 heteroatoms. The molecule has 17 heavy (non-hydrogen) atoms. The van der Waals surface area contributed by atoms with E-state index in [0.29, 0.717) is 6.04 Å². The van der Waals surface area contributed by atoms with Gasteiger partial charge in [0, 0.05) is 25.0 Å². The molecule has 0 aromatic carbocycles. The monoisotopic (exact) mass is 255 g/mol. The predicted octanol–water partition coefficient (Wildman–Crippen LogP) is 1.37. The average molecular weight is 255 g/mol. The zero-order chi connectivity index (χ0) is 12.4. The first-order valence-corrected chi connectivity index (χ1v) is 6.56. The number of hydrogen-bond acceptors (Lipinski definition) is 5. The van der Waals surface area contributed by atoms with E-state index in [1.807, 2.05) is 11.9 Å². The molecule has 0 saturated carbocycles. The second-order valence-corrected chi connectivity index (χ2v) is 5.31. The lowest BCUT2D eigenvalue weighted by Gasteiger charge is -2.25. The molecule has 1 aromatic heterocycles. The molecule has 1 unspecified atom stereocenters. The SMILES string of the molecule is CN(CC1CCCN1C)c1nc(C(=O)O)cs1. The van der Waals surface area contributed by atoms with Crippen molar-refractivity contribution >= 4 is 22.4 Å². The molecule has 5 nitrogen and oxygen atoms in total. The van der Waals surface area contributed by atoms with Gasteiger partial charge in [-0.05, 0) is 26.4 Å². The van der Waals surface area contributed by atoms with Crippen molar-refractivity contribution < 1.29 is 9.90 Å². The van der Waals surface area contributed by atoms with E-state index in [-0.39, 0.29) is 5.69 Å². The van der Waals surface area contributed by atoms with Gasteiger partial charge in [-0.2, -0.15) is 0 Å². The van der Waals surface area contributed by atoms with Gasteiger partial charge in [-0.15, -0.1) is 11.3 Å². The highest BCUT2D eigenvalue weighted by Crippen LogP contribution is 2.22. The van der Waals surface area contributed by atoms with E-state index in [2.05, 4.69) is 16.9 Å². The maximum Gasteiger partial charge on any atom is 0.355 e. The number of carboxylic acid groups (broad SMARTS) is 1. The Bertz CT molecular complexity index is 407. The van der Waals surface area contributed by atoms with Crippen LogP contribution in [0.4, 0.5) is 5.13 Å². The van der Waals surface area contributed by atoms with Gasteiger partial charge in [-0.3, -0.25) is 0 Å². The third kappa shape index (κ3) is 2.76. The zero-order valence-corrected chi connectivity index (χ0v) is 10.9. The number of nitrogens with zero attached hydrogens (tertiary/aromatic N) is 3. The molecule has 1 aliphatic rings. The number of anilines is 1. The van der Waals surface area contributed by atoms with Crippen molar-refractivity contribution in [1.29, 1.82) is 0 Å². The number of hydrogen-bond donors (Lipinski definition) is 1. The number of aromatic carboxylic acids is 1. The molecule has 1 aliphatic heterocycles. The van der Waals surface area contributed by atoms with Crippen molar-refractivity contribution in [1.82, 2.24) is 9.88 Å². The summed E-state index contributed by atoms with van der Waals surface area (Å²) in [5.41, 5.74) is 0.136. The maximum atomic E-state index is 10.8. The molecule has 94 valence electrons. The summed E-state index contributed by atoms with van der Waals surface area (Å²) in [5, 5.41) is 11.2. The van der Waals surface area contributed by atoms with Crippen LogP contribution < -0.4 is 4.90 Å².